The normalized spacial score (nSPS) is 16.1. The number of anilines is 1. The molecule has 2 nitrogen and oxygen atoms in total. The molecule has 1 aliphatic rings. The van der Waals surface area contributed by atoms with Gasteiger partial charge in [0.25, 0.3) is 0 Å². The molecule has 2 rings (SSSR count). The van der Waals surface area contributed by atoms with Crippen molar-refractivity contribution in [2.24, 2.45) is 0 Å². The van der Waals surface area contributed by atoms with Gasteiger partial charge in [-0.25, -0.2) is 0 Å². The Bertz CT molecular complexity index is 467. The summed E-state index contributed by atoms with van der Waals surface area (Å²) in [6, 6.07) is 8.25. The fourth-order valence-electron chi connectivity index (χ4n) is 2.01. The number of hydrogen-bond donors (Lipinski definition) is 0. The van der Waals surface area contributed by atoms with Crippen molar-refractivity contribution in [3.05, 3.63) is 35.4 Å². The molecule has 0 spiro atoms. The first-order chi connectivity index (χ1) is 8.72. The smallest absolute Gasteiger partial charge is 0.158 e. The SMILES string of the molecule is CCCCCC(=O)/C=C1/Sc2ccccc2N1C. The van der Waals surface area contributed by atoms with Gasteiger partial charge in [0.15, 0.2) is 5.78 Å². The molecule has 1 aromatic rings. The Labute approximate surface area is 113 Å². The molecule has 0 aromatic heterocycles. The van der Waals surface area contributed by atoms with Crippen LogP contribution in [0.15, 0.2) is 40.3 Å². The van der Waals surface area contributed by atoms with Crippen LogP contribution in [0.2, 0.25) is 0 Å². The number of unbranched alkanes of at least 4 members (excludes halogenated alkanes) is 2. The zero-order valence-corrected chi connectivity index (χ0v) is 11.8. The van der Waals surface area contributed by atoms with Gasteiger partial charge in [-0.15, -0.1) is 0 Å². The van der Waals surface area contributed by atoms with Gasteiger partial charge in [-0.2, -0.15) is 0 Å². The van der Waals surface area contributed by atoms with Crippen LogP contribution in [0.1, 0.15) is 32.6 Å². The topological polar surface area (TPSA) is 20.3 Å². The maximum absolute atomic E-state index is 11.9. The Morgan fingerprint density at radius 2 is 2.11 bits per heavy atom. The van der Waals surface area contributed by atoms with E-state index in [1.54, 1.807) is 17.8 Å². The third-order valence-corrected chi connectivity index (χ3v) is 4.25. The van der Waals surface area contributed by atoms with Gasteiger partial charge in [-0.05, 0) is 18.6 Å². The van der Waals surface area contributed by atoms with Gasteiger partial charge in [0.05, 0.1) is 10.7 Å². The lowest BCUT2D eigenvalue weighted by Gasteiger charge is -2.12. The number of nitrogens with zero attached hydrogens (tertiary/aromatic N) is 1. The summed E-state index contributed by atoms with van der Waals surface area (Å²) < 4.78 is 0. The zero-order chi connectivity index (χ0) is 13.0. The number of allylic oxidation sites excluding steroid dienone is 1. The number of fused-ring (bicyclic) bond motifs is 1. The van der Waals surface area contributed by atoms with Crippen molar-refractivity contribution in [3.8, 4) is 0 Å². The van der Waals surface area contributed by atoms with E-state index < -0.39 is 0 Å². The minimum Gasteiger partial charge on any atom is -0.338 e. The van der Waals surface area contributed by atoms with Gasteiger partial charge < -0.3 is 4.90 Å². The first kappa shape index (κ1) is 13.2. The summed E-state index contributed by atoms with van der Waals surface area (Å²) >= 11 is 1.68. The fourth-order valence-corrected chi connectivity index (χ4v) is 3.11. The average molecular weight is 261 g/mol. The number of thioether (sulfide) groups is 1. The molecule has 0 radical (unpaired) electrons. The van der Waals surface area contributed by atoms with Crippen LogP contribution < -0.4 is 4.90 Å². The summed E-state index contributed by atoms with van der Waals surface area (Å²) in [6.07, 6.45) is 5.75. The van der Waals surface area contributed by atoms with Gasteiger partial charge in [0.1, 0.15) is 0 Å². The van der Waals surface area contributed by atoms with Gasteiger partial charge in [-0.1, -0.05) is 43.7 Å². The molecule has 0 aliphatic carbocycles. The summed E-state index contributed by atoms with van der Waals surface area (Å²) in [7, 11) is 2.02. The molecule has 18 heavy (non-hydrogen) atoms. The van der Waals surface area contributed by atoms with Crippen molar-refractivity contribution in [1.29, 1.82) is 0 Å². The van der Waals surface area contributed by atoms with E-state index >= 15 is 0 Å². The maximum Gasteiger partial charge on any atom is 0.158 e. The van der Waals surface area contributed by atoms with Gasteiger partial charge in [-0.3, -0.25) is 4.79 Å². The van der Waals surface area contributed by atoms with Crippen LogP contribution in [0.4, 0.5) is 5.69 Å². The molecule has 0 fully saturated rings. The number of hydrogen-bond acceptors (Lipinski definition) is 3. The lowest BCUT2D eigenvalue weighted by Crippen LogP contribution is -2.11. The molecule has 0 N–H and O–H groups in total. The second-order valence-corrected chi connectivity index (χ2v) is 5.60. The molecule has 0 unspecified atom stereocenters. The first-order valence-corrected chi connectivity index (χ1v) is 7.29. The molecule has 0 bridgehead atoms. The van der Waals surface area contributed by atoms with E-state index in [0.29, 0.717) is 6.42 Å². The molecule has 0 saturated heterocycles. The van der Waals surface area contributed by atoms with Gasteiger partial charge in [0.2, 0.25) is 0 Å². The Morgan fingerprint density at radius 1 is 1.33 bits per heavy atom. The molecule has 0 saturated carbocycles. The summed E-state index contributed by atoms with van der Waals surface area (Å²) in [6.45, 7) is 2.15. The molecule has 1 aromatic carbocycles. The monoisotopic (exact) mass is 261 g/mol. The van der Waals surface area contributed by atoms with Crippen LogP contribution >= 0.6 is 11.8 Å². The predicted molar refractivity (Wildman–Crippen MR) is 77.9 cm³/mol. The standard InChI is InChI=1S/C15H19NOS/c1-3-4-5-8-12(17)11-15-16(2)13-9-6-7-10-14(13)18-15/h6-7,9-11H,3-5,8H2,1-2H3/b15-11+. The van der Waals surface area contributed by atoms with Crippen LogP contribution in [-0.4, -0.2) is 12.8 Å². The van der Waals surface area contributed by atoms with Crippen LogP contribution in [-0.2, 0) is 4.79 Å². The Kier molecular flexibility index (Phi) is 4.48. The number of benzene rings is 1. The van der Waals surface area contributed by atoms with E-state index in [-0.39, 0.29) is 5.78 Å². The number of ketones is 1. The van der Waals surface area contributed by atoms with E-state index in [1.807, 2.05) is 19.2 Å². The van der Waals surface area contributed by atoms with E-state index in [1.165, 1.54) is 10.6 Å². The van der Waals surface area contributed by atoms with Crippen molar-refractivity contribution >= 4 is 23.2 Å². The van der Waals surface area contributed by atoms with Crippen LogP contribution in [0, 0.1) is 0 Å². The number of rotatable bonds is 5. The number of carbonyl (C=O) groups excluding carboxylic acids is 1. The molecular formula is C15H19NOS. The lowest BCUT2D eigenvalue weighted by atomic mass is 10.1. The zero-order valence-electron chi connectivity index (χ0n) is 11.0. The summed E-state index contributed by atoms with van der Waals surface area (Å²) in [4.78, 5) is 15.2. The highest BCUT2D eigenvalue weighted by Crippen LogP contribution is 2.44. The molecule has 1 aliphatic heterocycles. The minimum atomic E-state index is 0.241. The van der Waals surface area contributed by atoms with Crippen LogP contribution in [0.5, 0.6) is 0 Å². The third kappa shape index (κ3) is 2.96. The highest BCUT2D eigenvalue weighted by Gasteiger charge is 2.21. The largest absolute Gasteiger partial charge is 0.338 e. The summed E-state index contributed by atoms with van der Waals surface area (Å²) in [5.41, 5.74) is 1.19. The second-order valence-electron chi connectivity index (χ2n) is 4.53. The van der Waals surface area contributed by atoms with Crippen LogP contribution in [0.3, 0.4) is 0 Å². The quantitative estimate of drug-likeness (QED) is 0.584. The highest BCUT2D eigenvalue weighted by molar-refractivity contribution is 8.03. The summed E-state index contributed by atoms with van der Waals surface area (Å²) in [5.74, 6) is 0.241. The summed E-state index contributed by atoms with van der Waals surface area (Å²) in [5, 5.41) is 1.04. The second kappa shape index (κ2) is 6.10. The first-order valence-electron chi connectivity index (χ1n) is 6.47. The van der Waals surface area contributed by atoms with Crippen molar-refractivity contribution in [2.45, 2.75) is 37.5 Å². The average Bonchev–Trinajstić information content (AvgIpc) is 2.67. The molecule has 0 amide bonds. The molecular weight excluding hydrogens is 242 g/mol. The highest BCUT2D eigenvalue weighted by atomic mass is 32.2. The lowest BCUT2D eigenvalue weighted by molar-refractivity contribution is -0.114. The molecule has 1 heterocycles. The van der Waals surface area contributed by atoms with Crippen molar-refractivity contribution in [3.63, 3.8) is 0 Å². The van der Waals surface area contributed by atoms with E-state index in [0.717, 1.165) is 24.3 Å². The third-order valence-electron chi connectivity index (χ3n) is 3.08. The van der Waals surface area contributed by atoms with Crippen molar-refractivity contribution in [2.75, 3.05) is 11.9 Å². The van der Waals surface area contributed by atoms with Crippen molar-refractivity contribution < 1.29 is 4.79 Å². The molecule has 3 heteroatoms. The van der Waals surface area contributed by atoms with Crippen LogP contribution in [0.25, 0.3) is 0 Å². The van der Waals surface area contributed by atoms with E-state index in [4.69, 9.17) is 0 Å². The maximum atomic E-state index is 11.9. The van der Waals surface area contributed by atoms with E-state index in [2.05, 4.69) is 24.0 Å². The minimum absolute atomic E-state index is 0.241. The number of para-hydroxylation sites is 1. The Hall–Kier alpha value is -1.22. The fraction of sp³-hybridized carbons (Fsp3) is 0.400. The molecule has 96 valence electrons. The van der Waals surface area contributed by atoms with Gasteiger partial charge in [0, 0.05) is 24.4 Å². The predicted octanol–water partition coefficient (Wildman–Crippen LogP) is 4.22. The van der Waals surface area contributed by atoms with E-state index in [9.17, 15) is 4.79 Å². The van der Waals surface area contributed by atoms with Crippen molar-refractivity contribution in [1.82, 2.24) is 0 Å². The number of carbonyl (C=O) groups is 1. The van der Waals surface area contributed by atoms with Gasteiger partial charge >= 0.3 is 0 Å². The Morgan fingerprint density at radius 3 is 2.83 bits per heavy atom. The molecule has 0 atom stereocenters. The Balaban J connectivity index is 2.02.